The van der Waals surface area contributed by atoms with Crippen molar-refractivity contribution in [3.63, 3.8) is 0 Å². The lowest BCUT2D eigenvalue weighted by Gasteiger charge is -2.30. The van der Waals surface area contributed by atoms with Crippen molar-refractivity contribution in [3.8, 4) is 0 Å². The molecule has 1 aromatic heterocycles. The number of carbonyl (C=O) groups excluding carboxylic acids is 1. The van der Waals surface area contributed by atoms with Gasteiger partial charge in [-0.1, -0.05) is 0 Å². The summed E-state index contributed by atoms with van der Waals surface area (Å²) in [6.07, 6.45) is 2.78. The zero-order valence-electron chi connectivity index (χ0n) is 11.9. The Kier molecular flexibility index (Phi) is 4.14. The molecule has 1 aliphatic rings. The normalized spacial score (nSPS) is 19.6. The highest BCUT2D eigenvalue weighted by Crippen LogP contribution is 2.30. The van der Waals surface area contributed by atoms with Crippen molar-refractivity contribution in [2.24, 2.45) is 0 Å². The highest BCUT2D eigenvalue weighted by atomic mass is 32.2. The third kappa shape index (κ3) is 2.71. The van der Waals surface area contributed by atoms with Crippen LogP contribution in [0.25, 0.3) is 0 Å². The Labute approximate surface area is 118 Å². The van der Waals surface area contributed by atoms with E-state index in [0.717, 1.165) is 11.9 Å². The Morgan fingerprint density at radius 2 is 2.20 bits per heavy atom. The highest BCUT2D eigenvalue weighted by molar-refractivity contribution is 7.88. The Hall–Kier alpha value is -1.41. The smallest absolute Gasteiger partial charge is 0.316 e. The van der Waals surface area contributed by atoms with Crippen molar-refractivity contribution in [1.29, 1.82) is 0 Å². The molecule has 0 amide bonds. The molecule has 2 rings (SSSR count). The largest absolute Gasteiger partial charge is 0.465 e. The third-order valence-electron chi connectivity index (χ3n) is 3.38. The zero-order valence-corrected chi connectivity index (χ0v) is 12.7. The van der Waals surface area contributed by atoms with Crippen LogP contribution in [0.4, 0.5) is 0 Å². The summed E-state index contributed by atoms with van der Waals surface area (Å²) in [7, 11) is -3.37. The first-order valence-corrected chi connectivity index (χ1v) is 8.39. The van der Waals surface area contributed by atoms with Gasteiger partial charge in [-0.05, 0) is 13.8 Å². The zero-order chi connectivity index (χ0) is 14.9. The van der Waals surface area contributed by atoms with Crippen LogP contribution in [0.5, 0.6) is 0 Å². The molecule has 7 nitrogen and oxygen atoms in total. The molecule has 0 bridgehead atoms. The molecular weight excluding hydrogens is 282 g/mol. The molecule has 0 saturated carbocycles. The van der Waals surface area contributed by atoms with Gasteiger partial charge in [0.25, 0.3) is 0 Å². The predicted octanol–water partition coefficient (Wildman–Crippen LogP) is 0.325. The van der Waals surface area contributed by atoms with Crippen molar-refractivity contribution in [2.75, 3.05) is 19.4 Å². The maximum absolute atomic E-state index is 12.1. The molecule has 0 spiro atoms. The van der Waals surface area contributed by atoms with Gasteiger partial charge in [0.05, 0.1) is 37.1 Å². The summed E-state index contributed by atoms with van der Waals surface area (Å²) in [5.74, 6) is -1.02. The number of nitrogens with zero attached hydrogens (tertiary/aromatic N) is 3. The number of esters is 1. The average molecular weight is 301 g/mol. The Morgan fingerprint density at radius 3 is 2.75 bits per heavy atom. The van der Waals surface area contributed by atoms with E-state index >= 15 is 0 Å². The molecule has 1 atom stereocenters. The van der Waals surface area contributed by atoms with Crippen LogP contribution in [-0.4, -0.2) is 47.7 Å². The van der Waals surface area contributed by atoms with Crippen LogP contribution in [-0.2, 0) is 32.6 Å². The molecule has 1 aliphatic heterocycles. The van der Waals surface area contributed by atoms with E-state index < -0.39 is 21.9 Å². The Morgan fingerprint density at radius 1 is 1.50 bits per heavy atom. The molecule has 0 aromatic carbocycles. The lowest BCUT2D eigenvalue weighted by Crippen LogP contribution is -2.41. The van der Waals surface area contributed by atoms with E-state index in [1.165, 1.54) is 4.31 Å². The number of imidazole rings is 1. The fourth-order valence-corrected chi connectivity index (χ4v) is 3.19. The molecule has 112 valence electrons. The number of fused-ring (bicyclic) bond motifs is 1. The van der Waals surface area contributed by atoms with Crippen LogP contribution in [0.2, 0.25) is 0 Å². The summed E-state index contributed by atoms with van der Waals surface area (Å²) in [5.41, 5.74) is 1.40. The van der Waals surface area contributed by atoms with Gasteiger partial charge in [0.2, 0.25) is 10.0 Å². The number of hydrogen-bond acceptors (Lipinski definition) is 5. The summed E-state index contributed by atoms with van der Waals surface area (Å²) >= 11 is 0. The van der Waals surface area contributed by atoms with E-state index in [2.05, 4.69) is 4.98 Å². The molecule has 20 heavy (non-hydrogen) atoms. The van der Waals surface area contributed by atoms with Gasteiger partial charge in [0, 0.05) is 13.1 Å². The van der Waals surface area contributed by atoms with E-state index in [1.807, 2.05) is 11.5 Å². The number of carbonyl (C=O) groups is 1. The molecule has 0 aliphatic carbocycles. The van der Waals surface area contributed by atoms with Crippen molar-refractivity contribution >= 4 is 16.0 Å². The summed E-state index contributed by atoms with van der Waals surface area (Å²) in [4.78, 5) is 16.3. The first kappa shape index (κ1) is 15.0. The summed E-state index contributed by atoms with van der Waals surface area (Å²) in [6.45, 7) is 4.94. The van der Waals surface area contributed by atoms with Gasteiger partial charge in [0.15, 0.2) is 0 Å². The fraction of sp³-hybridized carbons (Fsp3) is 0.667. The van der Waals surface area contributed by atoms with Gasteiger partial charge in [-0.25, -0.2) is 13.4 Å². The number of hydrogen-bond donors (Lipinski definition) is 0. The summed E-state index contributed by atoms with van der Waals surface area (Å²) in [5, 5.41) is 0. The van der Waals surface area contributed by atoms with Gasteiger partial charge >= 0.3 is 5.97 Å². The second kappa shape index (κ2) is 5.53. The summed E-state index contributed by atoms with van der Waals surface area (Å²) < 4.78 is 31.7. The van der Waals surface area contributed by atoms with Crippen LogP contribution in [0, 0.1) is 0 Å². The number of rotatable bonds is 4. The molecule has 8 heteroatoms. The summed E-state index contributed by atoms with van der Waals surface area (Å²) in [6, 6.07) is 0. The van der Waals surface area contributed by atoms with E-state index in [4.69, 9.17) is 4.74 Å². The van der Waals surface area contributed by atoms with Crippen LogP contribution in [0.15, 0.2) is 6.33 Å². The monoisotopic (exact) mass is 301 g/mol. The van der Waals surface area contributed by atoms with Crippen molar-refractivity contribution in [1.82, 2.24) is 13.9 Å². The van der Waals surface area contributed by atoms with Crippen molar-refractivity contribution in [3.05, 3.63) is 17.7 Å². The quantitative estimate of drug-likeness (QED) is 0.748. The minimum absolute atomic E-state index is 0.107. The van der Waals surface area contributed by atoms with Gasteiger partial charge in [-0.2, -0.15) is 4.31 Å². The first-order chi connectivity index (χ1) is 9.38. The number of aromatic nitrogens is 2. The lowest BCUT2D eigenvalue weighted by molar-refractivity contribution is -0.145. The molecule has 0 radical (unpaired) electrons. The van der Waals surface area contributed by atoms with Crippen molar-refractivity contribution in [2.45, 2.75) is 32.9 Å². The molecule has 0 unspecified atom stereocenters. The minimum Gasteiger partial charge on any atom is -0.465 e. The maximum Gasteiger partial charge on any atom is 0.316 e. The number of sulfonamides is 1. The number of aryl methyl sites for hydroxylation is 1. The highest BCUT2D eigenvalue weighted by Gasteiger charge is 2.38. The minimum atomic E-state index is -3.37. The topological polar surface area (TPSA) is 81.5 Å². The Bertz CT molecular complexity index is 608. The fourth-order valence-electron chi connectivity index (χ4n) is 2.41. The molecular formula is C12H19N3O4S. The second-order valence-corrected chi connectivity index (χ2v) is 6.71. The van der Waals surface area contributed by atoms with Crippen LogP contribution < -0.4 is 0 Å². The van der Waals surface area contributed by atoms with Crippen LogP contribution in [0.1, 0.15) is 31.2 Å². The molecule has 0 fully saturated rings. The van der Waals surface area contributed by atoms with E-state index in [1.54, 1.807) is 13.3 Å². The molecule has 0 saturated heterocycles. The molecule has 2 heterocycles. The number of ether oxygens (including phenoxy) is 1. The average Bonchev–Trinajstić information content (AvgIpc) is 2.79. The third-order valence-corrected chi connectivity index (χ3v) is 4.60. The van der Waals surface area contributed by atoms with Crippen LogP contribution >= 0.6 is 0 Å². The van der Waals surface area contributed by atoms with E-state index in [9.17, 15) is 13.2 Å². The molecule has 1 aromatic rings. The predicted molar refractivity (Wildman–Crippen MR) is 72.5 cm³/mol. The van der Waals surface area contributed by atoms with Crippen LogP contribution in [0.3, 0.4) is 0 Å². The van der Waals surface area contributed by atoms with E-state index in [-0.39, 0.29) is 19.7 Å². The maximum atomic E-state index is 12.1. The standard InChI is InChI=1S/C12H19N3O4S/c1-4-14-8-13-10-7-15(20(3,17)18)6-9(11(10)14)12(16)19-5-2/h8-9H,4-7H2,1-3H3/t9-/m1/s1. The van der Waals surface area contributed by atoms with Crippen molar-refractivity contribution < 1.29 is 17.9 Å². The SMILES string of the molecule is CCOC(=O)[C@@H]1CN(S(C)(=O)=O)Cc2ncn(CC)c21. The van der Waals surface area contributed by atoms with E-state index in [0.29, 0.717) is 12.2 Å². The van der Waals surface area contributed by atoms with Gasteiger partial charge in [-0.15, -0.1) is 0 Å². The van der Waals surface area contributed by atoms with Gasteiger partial charge in [-0.3, -0.25) is 4.79 Å². The first-order valence-electron chi connectivity index (χ1n) is 6.54. The van der Waals surface area contributed by atoms with Gasteiger partial charge < -0.3 is 9.30 Å². The second-order valence-electron chi connectivity index (χ2n) is 4.72. The lowest BCUT2D eigenvalue weighted by atomic mass is 10.00. The van der Waals surface area contributed by atoms with Gasteiger partial charge in [0.1, 0.15) is 5.92 Å². The Balaban J connectivity index is 2.43. The molecule has 0 N–H and O–H groups in total.